The third kappa shape index (κ3) is 1.86. The van der Waals surface area contributed by atoms with Crippen LogP contribution in [0.5, 0.6) is 0 Å². The quantitative estimate of drug-likeness (QED) is 0.749. The standard InChI is InChI=1S/C15H17N3O/c1-10-4-3-7-15(8-10)14(19)17-13-11(9-16)5-2-6-12(13)18-15/h2,5-6,10,18H,3-4,7-8H2,1H3,(H,17,19). The summed E-state index contributed by atoms with van der Waals surface area (Å²) in [5, 5.41) is 15.4. The normalized spacial score (nSPS) is 29.1. The molecule has 0 aromatic heterocycles. The monoisotopic (exact) mass is 255 g/mol. The Bertz CT molecular complexity index is 575. The topological polar surface area (TPSA) is 64.9 Å². The van der Waals surface area contributed by atoms with Crippen LogP contribution < -0.4 is 10.6 Å². The van der Waals surface area contributed by atoms with Crippen molar-refractivity contribution < 1.29 is 4.79 Å². The molecule has 4 heteroatoms. The van der Waals surface area contributed by atoms with E-state index >= 15 is 0 Å². The van der Waals surface area contributed by atoms with Crippen molar-refractivity contribution in [3.05, 3.63) is 23.8 Å². The van der Waals surface area contributed by atoms with Crippen LogP contribution in [0.2, 0.25) is 0 Å². The lowest BCUT2D eigenvalue weighted by Crippen LogP contribution is -2.55. The van der Waals surface area contributed by atoms with E-state index in [2.05, 4.69) is 23.6 Å². The van der Waals surface area contributed by atoms with Crippen molar-refractivity contribution in [2.45, 2.75) is 38.1 Å². The lowest BCUT2D eigenvalue weighted by molar-refractivity contribution is -0.122. The number of carbonyl (C=O) groups is 1. The number of nitriles is 1. The molecule has 2 aliphatic rings. The van der Waals surface area contributed by atoms with Crippen LogP contribution >= 0.6 is 0 Å². The van der Waals surface area contributed by atoms with Gasteiger partial charge in [0.25, 0.3) is 0 Å². The van der Waals surface area contributed by atoms with E-state index in [0.29, 0.717) is 17.2 Å². The number of hydrogen-bond donors (Lipinski definition) is 2. The van der Waals surface area contributed by atoms with E-state index in [-0.39, 0.29) is 5.91 Å². The van der Waals surface area contributed by atoms with Crippen molar-refractivity contribution in [2.24, 2.45) is 5.92 Å². The molecule has 98 valence electrons. The average molecular weight is 255 g/mol. The van der Waals surface area contributed by atoms with Crippen LogP contribution in [0.1, 0.15) is 38.2 Å². The largest absolute Gasteiger partial charge is 0.369 e. The van der Waals surface area contributed by atoms with Gasteiger partial charge < -0.3 is 10.6 Å². The summed E-state index contributed by atoms with van der Waals surface area (Å²) in [7, 11) is 0. The summed E-state index contributed by atoms with van der Waals surface area (Å²) >= 11 is 0. The molecule has 1 heterocycles. The smallest absolute Gasteiger partial charge is 0.250 e. The highest BCUT2D eigenvalue weighted by Gasteiger charge is 2.44. The Labute approximate surface area is 112 Å². The van der Waals surface area contributed by atoms with Crippen LogP contribution in [0, 0.1) is 17.2 Å². The summed E-state index contributed by atoms with van der Waals surface area (Å²) in [6, 6.07) is 7.62. The van der Waals surface area contributed by atoms with Gasteiger partial charge in [0.15, 0.2) is 0 Å². The van der Waals surface area contributed by atoms with Crippen LogP contribution in [0.3, 0.4) is 0 Å². The molecule has 2 N–H and O–H groups in total. The zero-order valence-corrected chi connectivity index (χ0v) is 11.0. The SMILES string of the molecule is CC1CCCC2(C1)Nc1cccc(C#N)c1NC2=O. The molecule has 3 rings (SSSR count). The number of benzene rings is 1. The number of hydrogen-bond acceptors (Lipinski definition) is 3. The lowest BCUT2D eigenvalue weighted by atomic mass is 9.74. The number of amides is 1. The molecule has 0 radical (unpaired) electrons. The first kappa shape index (κ1) is 12.0. The maximum atomic E-state index is 12.5. The van der Waals surface area contributed by atoms with Crippen LogP contribution in [-0.4, -0.2) is 11.4 Å². The van der Waals surface area contributed by atoms with Crippen molar-refractivity contribution in [3.8, 4) is 6.07 Å². The van der Waals surface area contributed by atoms with Gasteiger partial charge in [0, 0.05) is 0 Å². The second-order valence-electron chi connectivity index (χ2n) is 5.70. The fourth-order valence-electron chi connectivity index (χ4n) is 3.30. The maximum absolute atomic E-state index is 12.5. The van der Waals surface area contributed by atoms with Crippen LogP contribution in [0.25, 0.3) is 0 Å². The molecule has 4 nitrogen and oxygen atoms in total. The summed E-state index contributed by atoms with van der Waals surface area (Å²) in [5.74, 6) is 0.557. The Morgan fingerprint density at radius 2 is 2.32 bits per heavy atom. The highest BCUT2D eigenvalue weighted by Crippen LogP contribution is 2.41. The molecule has 19 heavy (non-hydrogen) atoms. The third-order valence-electron chi connectivity index (χ3n) is 4.23. The van der Waals surface area contributed by atoms with E-state index in [1.807, 2.05) is 12.1 Å². The average Bonchev–Trinajstić information content (AvgIpc) is 2.39. The number of rotatable bonds is 0. The summed E-state index contributed by atoms with van der Waals surface area (Å²) < 4.78 is 0. The Morgan fingerprint density at radius 3 is 3.05 bits per heavy atom. The molecule has 1 spiro atoms. The Hall–Kier alpha value is -2.02. The van der Waals surface area contributed by atoms with Crippen molar-refractivity contribution in [3.63, 3.8) is 0 Å². The first-order chi connectivity index (χ1) is 9.14. The van der Waals surface area contributed by atoms with Gasteiger partial charge in [-0.05, 0) is 30.9 Å². The van der Waals surface area contributed by atoms with E-state index in [1.54, 1.807) is 6.07 Å². The van der Waals surface area contributed by atoms with Crippen molar-refractivity contribution >= 4 is 17.3 Å². The molecule has 1 saturated carbocycles. The van der Waals surface area contributed by atoms with Gasteiger partial charge in [0.05, 0.1) is 16.9 Å². The van der Waals surface area contributed by atoms with Gasteiger partial charge in [-0.2, -0.15) is 5.26 Å². The van der Waals surface area contributed by atoms with Gasteiger partial charge >= 0.3 is 0 Å². The minimum atomic E-state index is -0.487. The predicted molar refractivity (Wildman–Crippen MR) is 73.8 cm³/mol. The van der Waals surface area contributed by atoms with Crippen LogP contribution in [-0.2, 0) is 4.79 Å². The van der Waals surface area contributed by atoms with Crippen LogP contribution in [0.15, 0.2) is 18.2 Å². The molecule has 0 saturated heterocycles. The Kier molecular flexibility index (Phi) is 2.70. The summed E-state index contributed by atoms with van der Waals surface area (Å²) in [6.45, 7) is 2.19. The molecular weight excluding hydrogens is 238 g/mol. The number of nitrogens with one attached hydrogen (secondary N) is 2. The highest BCUT2D eigenvalue weighted by molar-refractivity contribution is 6.07. The molecule has 1 aliphatic heterocycles. The zero-order valence-electron chi connectivity index (χ0n) is 11.0. The van der Waals surface area contributed by atoms with E-state index in [1.165, 1.54) is 6.42 Å². The lowest BCUT2D eigenvalue weighted by Gasteiger charge is -2.43. The van der Waals surface area contributed by atoms with Crippen molar-refractivity contribution in [2.75, 3.05) is 10.6 Å². The van der Waals surface area contributed by atoms with Gasteiger partial charge in [0.1, 0.15) is 11.6 Å². The summed E-state index contributed by atoms with van der Waals surface area (Å²) in [5.41, 5.74) is 1.52. The third-order valence-corrected chi connectivity index (χ3v) is 4.23. The fraction of sp³-hybridized carbons (Fsp3) is 0.467. The minimum Gasteiger partial charge on any atom is -0.369 e. The number of carbonyl (C=O) groups excluding carboxylic acids is 1. The number of anilines is 2. The molecule has 1 aliphatic carbocycles. The fourth-order valence-corrected chi connectivity index (χ4v) is 3.30. The first-order valence-corrected chi connectivity index (χ1v) is 6.77. The van der Waals surface area contributed by atoms with Gasteiger partial charge in [-0.1, -0.05) is 25.8 Å². The van der Waals surface area contributed by atoms with Gasteiger partial charge in [0.2, 0.25) is 5.91 Å². The van der Waals surface area contributed by atoms with E-state index < -0.39 is 5.54 Å². The molecule has 1 fully saturated rings. The van der Waals surface area contributed by atoms with Crippen LogP contribution in [0.4, 0.5) is 11.4 Å². The second-order valence-corrected chi connectivity index (χ2v) is 5.70. The summed E-state index contributed by atoms with van der Waals surface area (Å²) in [4.78, 5) is 12.5. The molecule has 0 bridgehead atoms. The van der Waals surface area contributed by atoms with Gasteiger partial charge in [-0.25, -0.2) is 0 Å². The highest BCUT2D eigenvalue weighted by atomic mass is 16.2. The molecule has 1 amide bonds. The number of para-hydroxylation sites is 1. The molecular formula is C15H17N3O. The van der Waals surface area contributed by atoms with Gasteiger partial charge in [-0.15, -0.1) is 0 Å². The van der Waals surface area contributed by atoms with Crippen molar-refractivity contribution in [1.29, 1.82) is 5.26 Å². The molecule has 1 aromatic carbocycles. The minimum absolute atomic E-state index is 0.00856. The van der Waals surface area contributed by atoms with Crippen molar-refractivity contribution in [1.82, 2.24) is 0 Å². The van der Waals surface area contributed by atoms with Gasteiger partial charge in [-0.3, -0.25) is 4.79 Å². The molecule has 2 unspecified atom stereocenters. The van der Waals surface area contributed by atoms with E-state index in [9.17, 15) is 4.79 Å². The number of nitrogens with zero attached hydrogens (tertiary/aromatic N) is 1. The van der Waals surface area contributed by atoms with E-state index in [0.717, 1.165) is 24.9 Å². The predicted octanol–water partition coefficient (Wildman–Crippen LogP) is 2.87. The maximum Gasteiger partial charge on any atom is 0.250 e. The summed E-state index contributed by atoms with van der Waals surface area (Å²) in [6.07, 6.45) is 3.96. The number of fused-ring (bicyclic) bond motifs is 1. The molecule has 1 aromatic rings. The first-order valence-electron chi connectivity index (χ1n) is 6.77. The second kappa shape index (κ2) is 4.27. The Balaban J connectivity index is 2.01. The molecule has 2 atom stereocenters. The van der Waals surface area contributed by atoms with E-state index in [4.69, 9.17) is 5.26 Å². The Morgan fingerprint density at radius 1 is 1.47 bits per heavy atom. The zero-order chi connectivity index (χ0) is 13.5.